The highest BCUT2D eigenvalue weighted by Gasteiger charge is 2.28. The van der Waals surface area contributed by atoms with E-state index in [0.29, 0.717) is 11.3 Å². The van der Waals surface area contributed by atoms with Crippen LogP contribution in [0.5, 0.6) is 0 Å². The lowest BCUT2D eigenvalue weighted by molar-refractivity contribution is 0.0910. The number of H-pyrrole nitrogens is 1. The van der Waals surface area contributed by atoms with Crippen LogP contribution < -0.4 is 10.9 Å². The molecule has 0 radical (unpaired) electrons. The average Bonchev–Trinajstić information content (AvgIpc) is 2.83. The standard InChI is InChI=1S/C23H22N6O2/c24-13-15-8-10-17(11-9-15)20(16-5-2-1-3-6-16)27-22(30)18-14-25-21(28-23(18)31)19-7-4-12-26-29-19/h4,7-12,14,16,20H,1-3,5-6H2,(H,27,30)(H,25,28,31). The van der Waals surface area contributed by atoms with Crippen molar-refractivity contribution in [1.82, 2.24) is 25.5 Å². The molecule has 1 saturated carbocycles. The summed E-state index contributed by atoms with van der Waals surface area (Å²) in [5.41, 5.74) is 1.33. The van der Waals surface area contributed by atoms with Crippen molar-refractivity contribution in [3.63, 3.8) is 0 Å². The third kappa shape index (κ3) is 4.67. The molecule has 0 spiro atoms. The van der Waals surface area contributed by atoms with Gasteiger partial charge in [0.25, 0.3) is 11.5 Å². The highest BCUT2D eigenvalue weighted by atomic mass is 16.2. The minimum Gasteiger partial charge on any atom is -0.345 e. The van der Waals surface area contributed by atoms with Crippen molar-refractivity contribution in [3.8, 4) is 17.6 Å². The van der Waals surface area contributed by atoms with Gasteiger partial charge in [-0.05, 0) is 48.6 Å². The lowest BCUT2D eigenvalue weighted by Crippen LogP contribution is -2.37. The number of nitriles is 1. The molecular formula is C23H22N6O2. The maximum Gasteiger partial charge on any atom is 0.264 e. The molecule has 1 aliphatic carbocycles. The smallest absolute Gasteiger partial charge is 0.264 e. The third-order valence-electron chi connectivity index (χ3n) is 5.67. The van der Waals surface area contributed by atoms with Gasteiger partial charge in [-0.1, -0.05) is 31.4 Å². The van der Waals surface area contributed by atoms with Gasteiger partial charge in [-0.3, -0.25) is 9.59 Å². The topological polar surface area (TPSA) is 124 Å². The van der Waals surface area contributed by atoms with Gasteiger partial charge in [-0.2, -0.15) is 10.4 Å². The van der Waals surface area contributed by atoms with Crippen LogP contribution in [-0.4, -0.2) is 26.1 Å². The molecule has 1 fully saturated rings. The van der Waals surface area contributed by atoms with Gasteiger partial charge in [0, 0.05) is 12.4 Å². The van der Waals surface area contributed by atoms with Gasteiger partial charge >= 0.3 is 0 Å². The first-order valence-electron chi connectivity index (χ1n) is 10.3. The molecule has 1 atom stereocenters. The lowest BCUT2D eigenvalue weighted by Gasteiger charge is -2.31. The zero-order valence-electron chi connectivity index (χ0n) is 16.9. The van der Waals surface area contributed by atoms with Gasteiger partial charge in [-0.25, -0.2) is 4.98 Å². The largest absolute Gasteiger partial charge is 0.345 e. The van der Waals surface area contributed by atoms with E-state index in [1.54, 1.807) is 24.3 Å². The van der Waals surface area contributed by atoms with Crippen molar-refractivity contribution < 1.29 is 4.79 Å². The molecule has 1 unspecified atom stereocenters. The molecule has 2 heterocycles. The number of benzene rings is 1. The van der Waals surface area contributed by atoms with Gasteiger partial charge in [0.2, 0.25) is 0 Å². The Balaban J connectivity index is 1.59. The fourth-order valence-corrected chi connectivity index (χ4v) is 4.04. The predicted molar refractivity (Wildman–Crippen MR) is 114 cm³/mol. The Hall–Kier alpha value is -3.86. The second kappa shape index (κ2) is 9.30. The van der Waals surface area contributed by atoms with E-state index in [9.17, 15) is 9.59 Å². The summed E-state index contributed by atoms with van der Waals surface area (Å²) in [7, 11) is 0. The molecule has 156 valence electrons. The minimum atomic E-state index is -0.532. The summed E-state index contributed by atoms with van der Waals surface area (Å²) in [6, 6.07) is 12.5. The fourth-order valence-electron chi connectivity index (χ4n) is 4.04. The molecule has 1 aliphatic rings. The van der Waals surface area contributed by atoms with Gasteiger partial charge < -0.3 is 10.3 Å². The van der Waals surface area contributed by atoms with Crippen molar-refractivity contribution in [2.75, 3.05) is 0 Å². The SMILES string of the molecule is N#Cc1ccc(C(NC(=O)c2cnc(-c3cccnn3)[nH]c2=O)C2CCCCC2)cc1. The van der Waals surface area contributed by atoms with Gasteiger partial charge in [0.05, 0.1) is 17.7 Å². The molecule has 1 aromatic carbocycles. The third-order valence-corrected chi connectivity index (χ3v) is 5.67. The highest BCUT2D eigenvalue weighted by Crippen LogP contribution is 2.34. The van der Waals surface area contributed by atoms with Gasteiger partial charge in [0.1, 0.15) is 11.3 Å². The number of nitrogens with zero attached hydrogens (tertiary/aromatic N) is 4. The summed E-state index contributed by atoms with van der Waals surface area (Å²) < 4.78 is 0. The molecule has 4 rings (SSSR count). The van der Waals surface area contributed by atoms with E-state index in [2.05, 4.69) is 31.6 Å². The second-order valence-corrected chi connectivity index (χ2v) is 7.67. The normalized spacial score (nSPS) is 15.1. The summed E-state index contributed by atoms with van der Waals surface area (Å²) in [6.45, 7) is 0. The molecular weight excluding hydrogens is 392 g/mol. The number of aromatic nitrogens is 4. The van der Waals surface area contributed by atoms with Crippen LogP contribution in [0.15, 0.2) is 53.6 Å². The lowest BCUT2D eigenvalue weighted by atomic mass is 9.81. The number of rotatable bonds is 5. The number of amides is 1. The summed E-state index contributed by atoms with van der Waals surface area (Å²) >= 11 is 0. The Bertz CT molecular complexity index is 1150. The molecule has 3 aromatic rings. The fraction of sp³-hybridized carbons (Fsp3) is 0.304. The van der Waals surface area contributed by atoms with Crippen LogP contribution in [0, 0.1) is 17.2 Å². The zero-order chi connectivity index (χ0) is 21.6. The summed E-state index contributed by atoms with van der Waals surface area (Å²) in [5, 5.41) is 19.8. The van der Waals surface area contributed by atoms with Crippen LogP contribution in [0.1, 0.15) is 59.6 Å². The molecule has 0 bridgehead atoms. The number of aromatic amines is 1. The Morgan fingerprint density at radius 2 is 1.94 bits per heavy atom. The van der Waals surface area contributed by atoms with E-state index in [1.165, 1.54) is 18.8 Å². The first-order valence-corrected chi connectivity index (χ1v) is 10.3. The molecule has 2 N–H and O–H groups in total. The molecule has 2 aromatic heterocycles. The average molecular weight is 414 g/mol. The predicted octanol–water partition coefficient (Wildman–Crippen LogP) is 3.15. The van der Waals surface area contributed by atoms with E-state index in [0.717, 1.165) is 31.2 Å². The number of carbonyl (C=O) groups excluding carboxylic acids is 1. The van der Waals surface area contributed by atoms with E-state index in [1.807, 2.05) is 12.1 Å². The molecule has 8 nitrogen and oxygen atoms in total. The van der Waals surface area contributed by atoms with E-state index >= 15 is 0 Å². The molecule has 31 heavy (non-hydrogen) atoms. The van der Waals surface area contributed by atoms with Crippen molar-refractivity contribution in [2.24, 2.45) is 5.92 Å². The maximum absolute atomic E-state index is 13.0. The number of hydrogen-bond acceptors (Lipinski definition) is 6. The first kappa shape index (κ1) is 20.4. The van der Waals surface area contributed by atoms with Crippen molar-refractivity contribution in [1.29, 1.82) is 5.26 Å². The monoisotopic (exact) mass is 414 g/mol. The van der Waals surface area contributed by atoms with Crippen LogP contribution in [0.3, 0.4) is 0 Å². The van der Waals surface area contributed by atoms with Crippen molar-refractivity contribution in [3.05, 3.63) is 75.8 Å². The molecule has 0 saturated heterocycles. The number of hydrogen-bond donors (Lipinski definition) is 2. The Morgan fingerprint density at radius 1 is 1.16 bits per heavy atom. The van der Waals surface area contributed by atoms with E-state index < -0.39 is 11.5 Å². The second-order valence-electron chi connectivity index (χ2n) is 7.67. The van der Waals surface area contributed by atoms with Crippen molar-refractivity contribution >= 4 is 5.91 Å². The molecule has 0 aliphatic heterocycles. The molecule has 8 heteroatoms. The van der Waals surface area contributed by atoms with Crippen LogP contribution >= 0.6 is 0 Å². The van der Waals surface area contributed by atoms with Crippen LogP contribution in [0.25, 0.3) is 11.5 Å². The number of carbonyl (C=O) groups is 1. The Labute approximate surface area is 179 Å². The Morgan fingerprint density at radius 3 is 2.58 bits per heavy atom. The van der Waals surface area contributed by atoms with Gasteiger partial charge in [0.15, 0.2) is 5.82 Å². The Kier molecular flexibility index (Phi) is 6.13. The van der Waals surface area contributed by atoms with Crippen molar-refractivity contribution in [2.45, 2.75) is 38.1 Å². The quantitative estimate of drug-likeness (QED) is 0.661. The summed E-state index contributed by atoms with van der Waals surface area (Å²) in [5.74, 6) is 0.0569. The molecule has 1 amide bonds. The highest BCUT2D eigenvalue weighted by molar-refractivity contribution is 5.93. The van der Waals surface area contributed by atoms with Crippen LogP contribution in [0.4, 0.5) is 0 Å². The summed E-state index contributed by atoms with van der Waals surface area (Å²) in [4.78, 5) is 32.4. The maximum atomic E-state index is 13.0. The summed E-state index contributed by atoms with van der Waals surface area (Å²) in [6.07, 6.45) is 8.23. The van der Waals surface area contributed by atoms with Gasteiger partial charge in [-0.15, -0.1) is 5.10 Å². The minimum absolute atomic E-state index is 0.0536. The van der Waals surface area contributed by atoms with E-state index in [-0.39, 0.29) is 23.3 Å². The van der Waals surface area contributed by atoms with Crippen LogP contribution in [0.2, 0.25) is 0 Å². The van der Waals surface area contributed by atoms with Crippen LogP contribution in [-0.2, 0) is 0 Å². The zero-order valence-corrected chi connectivity index (χ0v) is 16.9. The first-order chi connectivity index (χ1) is 15.2. The number of nitrogens with one attached hydrogen (secondary N) is 2. The van der Waals surface area contributed by atoms with E-state index in [4.69, 9.17) is 5.26 Å².